The molecule has 0 aliphatic rings. The number of phosphoric acid groups is 1. The minimum absolute atomic E-state index is 0.0161. The van der Waals surface area contributed by atoms with E-state index < -0.39 is 20.0 Å². The first-order valence-corrected chi connectivity index (χ1v) is 41.5. The third-order valence-corrected chi connectivity index (χ3v) is 19.7. The van der Waals surface area contributed by atoms with Gasteiger partial charge in [-0.25, -0.2) is 0 Å². The quantitative estimate of drug-likeness (QED) is 0.0212. The first-order chi connectivity index (χ1) is 43.4. The van der Waals surface area contributed by atoms with Crippen molar-refractivity contribution in [2.75, 3.05) is 40.9 Å². The van der Waals surface area contributed by atoms with Gasteiger partial charge in [0.15, 0.2) is 0 Å². The lowest BCUT2D eigenvalue weighted by atomic mass is 10.0. The van der Waals surface area contributed by atoms with Crippen LogP contribution in [0.2, 0.25) is 0 Å². The van der Waals surface area contributed by atoms with Crippen LogP contribution in [0, 0.1) is 0 Å². The molecule has 0 fully saturated rings. The average molecular weight is 1280 g/mol. The molecule has 0 bridgehead atoms. The van der Waals surface area contributed by atoms with Gasteiger partial charge in [0.1, 0.15) is 19.3 Å². The summed E-state index contributed by atoms with van der Waals surface area (Å²) in [5.41, 5.74) is 0. The molecule has 0 aliphatic heterocycles. The largest absolute Gasteiger partial charge is 0.756 e. The van der Waals surface area contributed by atoms with Crippen LogP contribution < -0.4 is 10.2 Å². The lowest BCUT2D eigenvalue weighted by Gasteiger charge is -2.30. The van der Waals surface area contributed by atoms with Crippen molar-refractivity contribution in [1.82, 2.24) is 5.32 Å². The van der Waals surface area contributed by atoms with Crippen molar-refractivity contribution in [2.24, 2.45) is 0 Å². The second-order valence-electron chi connectivity index (χ2n) is 28.9. The molecule has 1 N–H and O–H groups in total. The number of unbranched alkanes of at least 4 members (excludes halogenated alkanes) is 59. The number of likely N-dealkylation sites (N-methyl/N-ethyl adjacent to an activating group) is 1. The molecule has 0 heterocycles. The summed E-state index contributed by atoms with van der Waals surface area (Å²) in [5.74, 6) is -0.508. The molecule has 0 saturated carbocycles. The number of carbonyl (C=O) groups is 2. The van der Waals surface area contributed by atoms with Crippen molar-refractivity contribution < 1.29 is 37.3 Å². The van der Waals surface area contributed by atoms with Crippen LogP contribution in [0.3, 0.4) is 0 Å². The third kappa shape index (κ3) is 70.9. The van der Waals surface area contributed by atoms with Gasteiger partial charge in [-0.2, -0.15) is 0 Å². The molecule has 9 nitrogen and oxygen atoms in total. The molecule has 0 spiro atoms. The second kappa shape index (κ2) is 69.6. The van der Waals surface area contributed by atoms with Crippen molar-refractivity contribution in [2.45, 2.75) is 444 Å². The van der Waals surface area contributed by atoms with Gasteiger partial charge in [0, 0.05) is 12.8 Å². The first kappa shape index (κ1) is 87.8. The average Bonchev–Trinajstić information content (AvgIpc) is 3.67. The predicted octanol–water partition coefficient (Wildman–Crippen LogP) is 25.2. The van der Waals surface area contributed by atoms with Gasteiger partial charge in [0.25, 0.3) is 7.82 Å². The van der Waals surface area contributed by atoms with E-state index in [4.69, 9.17) is 13.8 Å². The summed E-state index contributed by atoms with van der Waals surface area (Å²) in [7, 11) is 1.22. The molecule has 3 unspecified atom stereocenters. The zero-order chi connectivity index (χ0) is 64.9. The van der Waals surface area contributed by atoms with Gasteiger partial charge in [0.2, 0.25) is 5.91 Å². The maximum absolute atomic E-state index is 13.7. The highest BCUT2D eigenvalue weighted by atomic mass is 31.2. The second-order valence-corrected chi connectivity index (χ2v) is 30.4. The van der Waals surface area contributed by atoms with E-state index >= 15 is 0 Å². The smallest absolute Gasteiger partial charge is 0.306 e. The number of phosphoric ester groups is 1. The number of nitrogens with zero attached hydrogens (tertiary/aromatic N) is 1. The molecular formula is C79H157N2O7P. The molecule has 10 heteroatoms. The van der Waals surface area contributed by atoms with E-state index in [1.807, 2.05) is 33.3 Å². The van der Waals surface area contributed by atoms with Gasteiger partial charge in [-0.3, -0.25) is 14.2 Å². The van der Waals surface area contributed by atoms with Crippen molar-refractivity contribution in [3.8, 4) is 0 Å². The number of esters is 1. The first-order valence-electron chi connectivity index (χ1n) is 40.0. The SMILES string of the molecule is CCCCCCCCCCCCC/C=C/C(OC(=O)CCCCCCCCCCCCCCCCCCCCCCCCCCC)C(COP(=O)([O-])OCC[N+](C)(C)C)NC(=O)CCCCCCCCCCCCCCCCCCCCCCCCCCC. The number of carbonyl (C=O) groups excluding carboxylic acids is 2. The summed E-state index contributed by atoms with van der Waals surface area (Å²) >= 11 is 0. The molecule has 89 heavy (non-hydrogen) atoms. The van der Waals surface area contributed by atoms with E-state index in [1.165, 1.54) is 340 Å². The zero-order valence-electron chi connectivity index (χ0n) is 60.9. The normalized spacial score (nSPS) is 13.4. The fourth-order valence-corrected chi connectivity index (χ4v) is 13.3. The molecule has 0 saturated heterocycles. The van der Waals surface area contributed by atoms with Crippen LogP contribution in [-0.2, 0) is 27.9 Å². The van der Waals surface area contributed by atoms with Crippen LogP contribution in [0.4, 0.5) is 0 Å². The summed E-state index contributed by atoms with van der Waals surface area (Å²) < 4.78 is 30.6. The highest BCUT2D eigenvalue weighted by Gasteiger charge is 2.27. The molecule has 530 valence electrons. The molecule has 0 aromatic heterocycles. The van der Waals surface area contributed by atoms with E-state index in [-0.39, 0.29) is 31.5 Å². The van der Waals surface area contributed by atoms with Crippen molar-refractivity contribution in [1.29, 1.82) is 0 Å². The molecule has 0 rings (SSSR count). The lowest BCUT2D eigenvalue weighted by molar-refractivity contribution is -0.870. The Morgan fingerprint density at radius 3 is 0.921 bits per heavy atom. The van der Waals surface area contributed by atoms with Crippen LogP contribution in [-0.4, -0.2) is 69.4 Å². The standard InChI is InChI=1S/C79H157N2O7P/c1-7-10-13-16-19-22-25-28-30-32-34-36-38-40-42-44-46-48-50-53-56-59-62-65-68-71-78(82)80-76(75-87-89(84,85)86-74-73-81(4,5)6)77(70-67-64-61-58-55-52-27-24-21-18-15-12-9-3)88-79(83)72-69-66-63-60-57-54-51-49-47-45-43-41-39-37-35-33-31-29-26-23-20-17-14-11-8-2/h67,70,76-77H,7-66,68-69,71-75H2,1-6H3,(H-,80,82,84,85)/b70-67+. The maximum atomic E-state index is 13.7. The van der Waals surface area contributed by atoms with E-state index in [0.717, 1.165) is 57.8 Å². The van der Waals surface area contributed by atoms with Crippen molar-refractivity contribution in [3.63, 3.8) is 0 Å². The van der Waals surface area contributed by atoms with E-state index in [0.29, 0.717) is 17.4 Å². The van der Waals surface area contributed by atoms with Crippen molar-refractivity contribution >= 4 is 19.7 Å². The number of allylic oxidation sites excluding steroid dienone is 1. The third-order valence-electron chi connectivity index (χ3n) is 18.7. The maximum Gasteiger partial charge on any atom is 0.306 e. The Hall–Kier alpha value is -1.25. The summed E-state index contributed by atoms with van der Waals surface area (Å²) in [6, 6.07) is -0.882. The summed E-state index contributed by atoms with van der Waals surface area (Å²) in [5, 5.41) is 3.06. The predicted molar refractivity (Wildman–Crippen MR) is 386 cm³/mol. The number of amides is 1. The Labute approximate surface area is 556 Å². The van der Waals surface area contributed by atoms with E-state index in [2.05, 4.69) is 26.1 Å². The fraction of sp³-hybridized carbons (Fsp3) is 0.949. The molecule has 0 radical (unpaired) electrons. The Bertz CT molecular complexity index is 1520. The minimum Gasteiger partial charge on any atom is -0.756 e. The van der Waals surface area contributed by atoms with E-state index in [1.54, 1.807) is 0 Å². The number of hydrogen-bond acceptors (Lipinski definition) is 7. The number of ether oxygens (including phenoxy) is 1. The van der Waals surface area contributed by atoms with Crippen molar-refractivity contribution in [3.05, 3.63) is 12.2 Å². The highest BCUT2D eigenvalue weighted by molar-refractivity contribution is 7.45. The summed E-state index contributed by atoms with van der Waals surface area (Å²) in [4.78, 5) is 40.3. The molecule has 0 aromatic rings. The number of rotatable bonds is 75. The Kier molecular flexibility index (Phi) is 68.6. The fourth-order valence-electron chi connectivity index (χ4n) is 12.6. The van der Waals surface area contributed by atoms with Crippen LogP contribution in [0.15, 0.2) is 12.2 Å². The Morgan fingerprint density at radius 1 is 0.382 bits per heavy atom. The lowest BCUT2D eigenvalue weighted by Crippen LogP contribution is -2.47. The Morgan fingerprint density at radius 2 is 0.640 bits per heavy atom. The van der Waals surface area contributed by atoms with Gasteiger partial charge in [-0.05, 0) is 31.8 Å². The number of quaternary nitrogens is 1. The Balaban J connectivity index is 4.92. The topological polar surface area (TPSA) is 114 Å². The molecule has 3 atom stereocenters. The van der Waals surface area contributed by atoms with E-state index in [9.17, 15) is 19.0 Å². The van der Waals surface area contributed by atoms with Gasteiger partial charge < -0.3 is 28.5 Å². The van der Waals surface area contributed by atoms with Gasteiger partial charge in [-0.15, -0.1) is 0 Å². The highest BCUT2D eigenvalue weighted by Crippen LogP contribution is 2.38. The van der Waals surface area contributed by atoms with Gasteiger partial charge in [0.05, 0.1) is 33.8 Å². The molecule has 0 aromatic carbocycles. The minimum atomic E-state index is -4.70. The van der Waals surface area contributed by atoms with Crippen LogP contribution in [0.1, 0.15) is 432 Å². The molecular weight excluding hydrogens is 1120 g/mol. The number of nitrogens with one attached hydrogen (secondary N) is 1. The summed E-state index contributed by atoms with van der Waals surface area (Å²) in [6.45, 7) is 6.95. The van der Waals surface area contributed by atoms with Gasteiger partial charge in [-0.1, -0.05) is 399 Å². The monoisotopic (exact) mass is 1280 g/mol. The van der Waals surface area contributed by atoms with Crippen LogP contribution >= 0.6 is 7.82 Å². The van der Waals surface area contributed by atoms with Gasteiger partial charge >= 0.3 is 5.97 Å². The molecule has 0 aliphatic carbocycles. The van der Waals surface area contributed by atoms with Crippen LogP contribution in [0.25, 0.3) is 0 Å². The molecule has 1 amide bonds. The summed E-state index contributed by atoms with van der Waals surface area (Å²) in [6.07, 6.45) is 85.1. The zero-order valence-corrected chi connectivity index (χ0v) is 61.8. The van der Waals surface area contributed by atoms with Crippen LogP contribution in [0.5, 0.6) is 0 Å². The number of hydrogen-bond donors (Lipinski definition) is 1.